The second kappa shape index (κ2) is 5.78. The van der Waals surface area contributed by atoms with E-state index < -0.39 is 15.6 Å². The summed E-state index contributed by atoms with van der Waals surface area (Å²) >= 11 is 0. The zero-order chi connectivity index (χ0) is 15.7. The van der Waals surface area contributed by atoms with Crippen molar-refractivity contribution in [2.24, 2.45) is 13.0 Å². The van der Waals surface area contributed by atoms with Crippen LogP contribution in [0.2, 0.25) is 0 Å². The zero-order valence-corrected chi connectivity index (χ0v) is 13.6. The third-order valence-corrected chi connectivity index (χ3v) is 5.85. The lowest BCUT2D eigenvalue weighted by Gasteiger charge is -2.34. The maximum atomic E-state index is 12.4. The highest BCUT2D eigenvalue weighted by Crippen LogP contribution is 2.34. The van der Waals surface area contributed by atoms with Crippen molar-refractivity contribution in [1.29, 1.82) is 5.26 Å². The average Bonchev–Trinajstić information content (AvgIpc) is 2.80. The number of aryl methyl sites for hydroxylation is 2. The summed E-state index contributed by atoms with van der Waals surface area (Å²) in [6, 6.07) is 2.18. The molecule has 0 amide bonds. The molecule has 0 saturated heterocycles. The fourth-order valence-corrected chi connectivity index (χ4v) is 4.20. The van der Waals surface area contributed by atoms with E-state index in [0.717, 1.165) is 19.3 Å². The van der Waals surface area contributed by atoms with Gasteiger partial charge in [0.05, 0.1) is 6.07 Å². The SMILES string of the molecule is CCC1CCC(C#N)(NS(=O)(=O)c2cn(C)c(C)n2)CC1. The molecule has 0 atom stereocenters. The van der Waals surface area contributed by atoms with E-state index in [4.69, 9.17) is 0 Å². The topological polar surface area (TPSA) is 87.8 Å². The standard InChI is InChI=1S/C14H22N4O2S/c1-4-12-5-7-14(10-15,8-6-12)17-21(19,20)13-9-18(3)11(2)16-13/h9,12,17H,4-8H2,1-3H3. The lowest BCUT2D eigenvalue weighted by atomic mass is 9.77. The average molecular weight is 310 g/mol. The van der Waals surface area contributed by atoms with Crippen molar-refractivity contribution in [1.82, 2.24) is 14.3 Å². The maximum absolute atomic E-state index is 12.4. The number of aromatic nitrogens is 2. The Morgan fingerprint density at radius 1 is 1.52 bits per heavy atom. The molecule has 0 spiro atoms. The molecule has 2 rings (SSSR count). The number of sulfonamides is 1. The van der Waals surface area contributed by atoms with Gasteiger partial charge in [0.1, 0.15) is 11.4 Å². The van der Waals surface area contributed by atoms with Crippen LogP contribution in [0.4, 0.5) is 0 Å². The van der Waals surface area contributed by atoms with Gasteiger partial charge < -0.3 is 4.57 Å². The molecule has 1 N–H and O–H groups in total. The molecule has 0 aromatic carbocycles. The largest absolute Gasteiger partial charge is 0.337 e. The Labute approximate surface area is 126 Å². The quantitative estimate of drug-likeness (QED) is 0.919. The molecule has 0 aliphatic heterocycles. The molecule has 0 bridgehead atoms. The van der Waals surface area contributed by atoms with Gasteiger partial charge in [0.25, 0.3) is 10.0 Å². The normalized spacial score (nSPS) is 26.5. The van der Waals surface area contributed by atoms with Crippen LogP contribution in [0.3, 0.4) is 0 Å². The van der Waals surface area contributed by atoms with Crippen LogP contribution in [-0.2, 0) is 17.1 Å². The molecule has 21 heavy (non-hydrogen) atoms. The van der Waals surface area contributed by atoms with Crippen molar-refractivity contribution < 1.29 is 8.42 Å². The highest BCUT2D eigenvalue weighted by atomic mass is 32.2. The van der Waals surface area contributed by atoms with E-state index in [9.17, 15) is 13.7 Å². The van der Waals surface area contributed by atoms with Gasteiger partial charge in [-0.3, -0.25) is 0 Å². The fourth-order valence-electron chi connectivity index (χ4n) is 2.78. The van der Waals surface area contributed by atoms with Crippen molar-refractivity contribution in [3.63, 3.8) is 0 Å². The van der Waals surface area contributed by atoms with E-state index in [0.29, 0.717) is 24.6 Å². The molecule has 7 heteroatoms. The van der Waals surface area contributed by atoms with Gasteiger partial charge in [-0.25, -0.2) is 13.4 Å². The maximum Gasteiger partial charge on any atom is 0.260 e. The van der Waals surface area contributed by atoms with Crippen LogP contribution in [-0.4, -0.2) is 23.5 Å². The molecule has 0 radical (unpaired) electrons. The summed E-state index contributed by atoms with van der Waals surface area (Å²) < 4.78 is 29.1. The summed E-state index contributed by atoms with van der Waals surface area (Å²) in [7, 11) is -2.02. The van der Waals surface area contributed by atoms with Crippen LogP contribution >= 0.6 is 0 Å². The number of hydrogen-bond acceptors (Lipinski definition) is 4. The van der Waals surface area contributed by atoms with Crippen molar-refractivity contribution >= 4 is 10.0 Å². The molecule has 0 unspecified atom stereocenters. The van der Waals surface area contributed by atoms with E-state index in [1.807, 2.05) is 0 Å². The van der Waals surface area contributed by atoms with E-state index >= 15 is 0 Å². The Balaban J connectivity index is 2.20. The molecule has 1 heterocycles. The van der Waals surface area contributed by atoms with E-state index in [1.54, 1.807) is 18.5 Å². The molecular weight excluding hydrogens is 288 g/mol. The van der Waals surface area contributed by atoms with Crippen LogP contribution < -0.4 is 4.72 Å². The molecule has 1 aliphatic carbocycles. The molecule has 6 nitrogen and oxygen atoms in total. The van der Waals surface area contributed by atoms with Crippen LogP contribution in [0.25, 0.3) is 0 Å². The number of rotatable bonds is 4. The number of imidazole rings is 1. The molecule has 1 fully saturated rings. The number of nitriles is 1. The molecule has 116 valence electrons. The van der Waals surface area contributed by atoms with Crippen molar-refractivity contribution in [3.8, 4) is 6.07 Å². The van der Waals surface area contributed by atoms with E-state index in [1.165, 1.54) is 6.20 Å². The van der Waals surface area contributed by atoms with Crippen LogP contribution in [0.1, 0.15) is 44.9 Å². The minimum Gasteiger partial charge on any atom is -0.337 e. The predicted molar refractivity (Wildman–Crippen MR) is 78.9 cm³/mol. The van der Waals surface area contributed by atoms with Gasteiger partial charge in [-0.15, -0.1) is 0 Å². The van der Waals surface area contributed by atoms with Gasteiger partial charge in [-0.2, -0.15) is 9.98 Å². The summed E-state index contributed by atoms with van der Waals surface area (Å²) in [4.78, 5) is 4.05. The number of nitrogens with zero attached hydrogens (tertiary/aromatic N) is 3. The lowest BCUT2D eigenvalue weighted by molar-refractivity contribution is 0.259. The second-order valence-corrected chi connectivity index (χ2v) is 7.52. The van der Waals surface area contributed by atoms with Gasteiger partial charge in [-0.1, -0.05) is 13.3 Å². The monoisotopic (exact) mass is 310 g/mol. The Morgan fingerprint density at radius 3 is 2.57 bits per heavy atom. The Kier molecular flexibility index (Phi) is 4.40. The van der Waals surface area contributed by atoms with Gasteiger partial charge in [0.15, 0.2) is 5.03 Å². The summed E-state index contributed by atoms with van der Waals surface area (Å²) in [5.74, 6) is 1.21. The summed E-state index contributed by atoms with van der Waals surface area (Å²) in [6.07, 6.45) is 5.44. The summed E-state index contributed by atoms with van der Waals surface area (Å²) in [5.41, 5.74) is -0.990. The van der Waals surface area contributed by atoms with Gasteiger partial charge >= 0.3 is 0 Å². The zero-order valence-electron chi connectivity index (χ0n) is 12.8. The molecule has 1 saturated carbocycles. The second-order valence-electron chi connectivity index (χ2n) is 5.89. The van der Waals surface area contributed by atoms with Gasteiger partial charge in [0.2, 0.25) is 0 Å². The highest BCUT2D eigenvalue weighted by molar-refractivity contribution is 7.89. The van der Waals surface area contributed by atoms with Gasteiger partial charge in [-0.05, 0) is 38.5 Å². The third-order valence-electron chi connectivity index (χ3n) is 4.44. The number of hydrogen-bond donors (Lipinski definition) is 1. The Bertz CT molecular complexity index is 630. The first-order valence-electron chi connectivity index (χ1n) is 7.27. The highest BCUT2D eigenvalue weighted by Gasteiger charge is 2.39. The van der Waals surface area contributed by atoms with Crippen LogP contribution in [0.15, 0.2) is 11.2 Å². The fraction of sp³-hybridized carbons (Fsp3) is 0.714. The predicted octanol–water partition coefficient (Wildman–Crippen LogP) is 1.87. The number of nitrogens with one attached hydrogen (secondary N) is 1. The lowest BCUT2D eigenvalue weighted by Crippen LogP contribution is -2.49. The van der Waals surface area contributed by atoms with Crippen molar-refractivity contribution in [2.45, 2.75) is 56.5 Å². The first-order chi connectivity index (χ1) is 9.82. The Hall–Kier alpha value is -1.39. The van der Waals surface area contributed by atoms with E-state index in [-0.39, 0.29) is 5.03 Å². The molecular formula is C14H22N4O2S. The van der Waals surface area contributed by atoms with Crippen molar-refractivity contribution in [2.75, 3.05) is 0 Å². The minimum absolute atomic E-state index is 0.0188. The first-order valence-corrected chi connectivity index (χ1v) is 8.75. The van der Waals surface area contributed by atoms with Crippen LogP contribution in [0, 0.1) is 24.2 Å². The van der Waals surface area contributed by atoms with E-state index in [2.05, 4.69) is 22.7 Å². The van der Waals surface area contributed by atoms with Gasteiger partial charge in [0, 0.05) is 13.2 Å². The Morgan fingerprint density at radius 2 is 2.14 bits per heavy atom. The van der Waals surface area contributed by atoms with Crippen molar-refractivity contribution in [3.05, 3.63) is 12.0 Å². The van der Waals surface area contributed by atoms with Crippen LogP contribution in [0.5, 0.6) is 0 Å². The smallest absolute Gasteiger partial charge is 0.260 e. The first kappa shape index (κ1) is 16.0. The minimum atomic E-state index is -3.76. The summed E-state index contributed by atoms with van der Waals surface area (Å²) in [5, 5.41) is 9.45. The third kappa shape index (κ3) is 3.27. The summed E-state index contributed by atoms with van der Waals surface area (Å²) in [6.45, 7) is 3.87. The molecule has 1 aromatic rings. The molecule has 1 aliphatic rings. The molecule has 1 aromatic heterocycles.